The van der Waals surface area contributed by atoms with E-state index in [2.05, 4.69) is 0 Å². The number of hydrogen-bond donors (Lipinski definition) is 6. The number of benzene rings is 1. The second-order valence-electron chi connectivity index (χ2n) is 8.01. The summed E-state index contributed by atoms with van der Waals surface area (Å²) in [6.07, 6.45) is -13.4. The van der Waals surface area contributed by atoms with Crippen molar-refractivity contribution in [3.63, 3.8) is 0 Å². The molecule has 188 valence electrons. The Balaban J connectivity index is 1.49. The number of aliphatic hydroxyl groups is 6. The van der Waals surface area contributed by atoms with E-state index in [9.17, 15) is 35.4 Å². The molecular weight excluding hydrogens is 460 g/mol. The fourth-order valence-corrected chi connectivity index (χ4v) is 3.72. The zero-order chi connectivity index (χ0) is 24.6. The zero-order valence-electron chi connectivity index (χ0n) is 18.0. The summed E-state index contributed by atoms with van der Waals surface area (Å²) in [5, 5.41) is 60.8. The predicted octanol–water partition coefficient (Wildman–Crippen LogP) is -2.56. The van der Waals surface area contributed by atoms with Crippen LogP contribution in [0.5, 0.6) is 11.5 Å². The molecule has 0 bridgehead atoms. The molecule has 0 unspecified atom stereocenters. The Morgan fingerprint density at radius 1 is 0.912 bits per heavy atom. The summed E-state index contributed by atoms with van der Waals surface area (Å²) < 4.78 is 32.2. The number of aliphatic hydroxyl groups excluding tert-OH is 6. The van der Waals surface area contributed by atoms with Gasteiger partial charge in [-0.25, -0.2) is 4.79 Å². The standard InChI is InChI=1S/C21H26O13/c1-29-11-4-8-2-3-14(23)32-10(8)5-12(11)33-21-19(28)17(26)16(25)13(34-21)7-31-20-18(27)15(24)9(22)6-30-20/h2-5,9,13,15-22,24-28H,6-7H2,1H3/t9-,13-,15+,16-,17+,18-,19-,20+,21-/m1/s1. The van der Waals surface area contributed by atoms with E-state index < -0.39 is 67.5 Å². The van der Waals surface area contributed by atoms with Crippen LogP contribution in [-0.2, 0) is 14.2 Å². The van der Waals surface area contributed by atoms with Crippen molar-refractivity contribution in [1.82, 2.24) is 0 Å². The van der Waals surface area contributed by atoms with Gasteiger partial charge < -0.3 is 58.7 Å². The van der Waals surface area contributed by atoms with Gasteiger partial charge in [0, 0.05) is 17.5 Å². The fourth-order valence-electron chi connectivity index (χ4n) is 3.72. The topological polar surface area (TPSA) is 198 Å². The molecule has 2 fully saturated rings. The Hall–Kier alpha value is -2.33. The van der Waals surface area contributed by atoms with Gasteiger partial charge in [-0.05, 0) is 12.1 Å². The summed E-state index contributed by atoms with van der Waals surface area (Å²) in [6.45, 7) is -0.721. The molecule has 0 radical (unpaired) electrons. The first-order valence-corrected chi connectivity index (χ1v) is 10.4. The molecule has 2 saturated heterocycles. The van der Waals surface area contributed by atoms with Gasteiger partial charge in [0.1, 0.15) is 48.3 Å². The molecule has 13 nitrogen and oxygen atoms in total. The van der Waals surface area contributed by atoms with E-state index in [-0.39, 0.29) is 23.7 Å². The molecule has 0 aliphatic carbocycles. The molecule has 2 aliphatic rings. The second kappa shape index (κ2) is 10.1. The third-order valence-electron chi connectivity index (χ3n) is 5.70. The van der Waals surface area contributed by atoms with Crippen LogP contribution in [0.15, 0.2) is 33.5 Å². The van der Waals surface area contributed by atoms with Gasteiger partial charge in [0.2, 0.25) is 6.29 Å². The Morgan fingerprint density at radius 3 is 2.38 bits per heavy atom. The van der Waals surface area contributed by atoms with Crippen LogP contribution < -0.4 is 15.1 Å². The first-order valence-electron chi connectivity index (χ1n) is 10.4. The van der Waals surface area contributed by atoms with E-state index in [0.29, 0.717) is 5.39 Å². The van der Waals surface area contributed by atoms with E-state index in [4.69, 9.17) is 28.1 Å². The van der Waals surface area contributed by atoms with Gasteiger partial charge in [-0.2, -0.15) is 0 Å². The first-order chi connectivity index (χ1) is 16.2. The molecular formula is C21H26O13. The smallest absolute Gasteiger partial charge is 0.336 e. The normalized spacial score (nSPS) is 36.4. The summed E-state index contributed by atoms with van der Waals surface area (Å²) in [5.41, 5.74) is -0.406. The maximum absolute atomic E-state index is 11.5. The third kappa shape index (κ3) is 4.88. The van der Waals surface area contributed by atoms with Crippen molar-refractivity contribution in [3.05, 3.63) is 34.7 Å². The van der Waals surface area contributed by atoms with E-state index in [1.165, 1.54) is 31.4 Å². The van der Waals surface area contributed by atoms with Crippen molar-refractivity contribution in [2.45, 2.75) is 55.3 Å². The largest absolute Gasteiger partial charge is 0.493 e. The van der Waals surface area contributed by atoms with Gasteiger partial charge in [-0.1, -0.05) is 0 Å². The molecule has 2 aliphatic heterocycles. The van der Waals surface area contributed by atoms with E-state index in [1.807, 2.05) is 0 Å². The van der Waals surface area contributed by atoms with Gasteiger partial charge in [0.15, 0.2) is 17.8 Å². The van der Waals surface area contributed by atoms with Crippen LogP contribution in [0.4, 0.5) is 0 Å². The SMILES string of the molecule is COc1cc2ccc(=O)oc2cc1O[C@@H]1O[C@H](CO[C@@H]2OC[C@@H](O)[C@H](O)[C@H]2O)[C@@H](O)[C@H](O)[C@H]1O. The molecule has 4 rings (SSSR count). The van der Waals surface area contributed by atoms with E-state index >= 15 is 0 Å². The molecule has 6 N–H and O–H groups in total. The molecule has 0 amide bonds. The maximum atomic E-state index is 11.5. The Kier molecular flexibility index (Phi) is 7.37. The molecule has 1 aromatic heterocycles. The molecule has 0 saturated carbocycles. The molecule has 2 aromatic rings. The molecule has 1 aromatic carbocycles. The first kappa shape index (κ1) is 24.8. The van der Waals surface area contributed by atoms with Gasteiger partial charge in [0.25, 0.3) is 0 Å². The highest BCUT2D eigenvalue weighted by molar-refractivity contribution is 5.80. The van der Waals surface area contributed by atoms with Crippen LogP contribution in [0.25, 0.3) is 11.0 Å². The summed E-state index contributed by atoms with van der Waals surface area (Å²) in [4.78, 5) is 11.5. The summed E-state index contributed by atoms with van der Waals surface area (Å²) in [6, 6.07) is 5.67. The lowest BCUT2D eigenvalue weighted by Crippen LogP contribution is -2.61. The molecule has 34 heavy (non-hydrogen) atoms. The highest BCUT2D eigenvalue weighted by Crippen LogP contribution is 2.34. The number of fused-ring (bicyclic) bond motifs is 1. The Labute approximate surface area is 192 Å². The average molecular weight is 486 g/mol. The van der Waals surface area contributed by atoms with Gasteiger partial charge in [0.05, 0.1) is 20.3 Å². The van der Waals surface area contributed by atoms with E-state index in [0.717, 1.165) is 0 Å². The highest BCUT2D eigenvalue weighted by atomic mass is 16.7. The molecule has 9 atom stereocenters. The van der Waals surface area contributed by atoms with Crippen molar-refractivity contribution < 1.29 is 58.7 Å². The monoisotopic (exact) mass is 486 g/mol. The van der Waals surface area contributed by atoms with Crippen LogP contribution in [0, 0.1) is 0 Å². The third-order valence-corrected chi connectivity index (χ3v) is 5.70. The number of ether oxygens (including phenoxy) is 5. The number of hydrogen-bond acceptors (Lipinski definition) is 13. The lowest BCUT2D eigenvalue weighted by molar-refractivity contribution is -0.307. The number of rotatable bonds is 6. The average Bonchev–Trinajstić information content (AvgIpc) is 2.82. The maximum Gasteiger partial charge on any atom is 0.336 e. The fraction of sp³-hybridized carbons (Fsp3) is 0.571. The lowest BCUT2D eigenvalue weighted by Gasteiger charge is -2.41. The van der Waals surface area contributed by atoms with Crippen molar-refractivity contribution in [2.24, 2.45) is 0 Å². The van der Waals surface area contributed by atoms with Crippen molar-refractivity contribution >= 4 is 11.0 Å². The minimum Gasteiger partial charge on any atom is -0.493 e. The predicted molar refractivity (Wildman–Crippen MR) is 110 cm³/mol. The Morgan fingerprint density at radius 2 is 1.65 bits per heavy atom. The van der Waals surface area contributed by atoms with Crippen LogP contribution in [0.3, 0.4) is 0 Å². The zero-order valence-corrected chi connectivity index (χ0v) is 18.0. The quantitative estimate of drug-likeness (QED) is 0.233. The van der Waals surface area contributed by atoms with Crippen LogP contribution in [0.2, 0.25) is 0 Å². The van der Waals surface area contributed by atoms with Gasteiger partial charge >= 0.3 is 5.63 Å². The van der Waals surface area contributed by atoms with Crippen LogP contribution in [0.1, 0.15) is 0 Å². The molecule has 13 heteroatoms. The van der Waals surface area contributed by atoms with Crippen molar-refractivity contribution in [1.29, 1.82) is 0 Å². The van der Waals surface area contributed by atoms with E-state index in [1.54, 1.807) is 0 Å². The van der Waals surface area contributed by atoms with Crippen molar-refractivity contribution in [3.8, 4) is 11.5 Å². The minimum absolute atomic E-state index is 0.0276. The minimum atomic E-state index is -1.69. The second-order valence-corrected chi connectivity index (χ2v) is 8.01. The summed E-state index contributed by atoms with van der Waals surface area (Å²) >= 11 is 0. The van der Waals surface area contributed by atoms with Gasteiger partial charge in [-0.3, -0.25) is 0 Å². The Bertz CT molecular complexity index is 1040. The molecule has 3 heterocycles. The van der Waals surface area contributed by atoms with Crippen LogP contribution in [-0.4, -0.2) is 106 Å². The summed E-state index contributed by atoms with van der Waals surface area (Å²) in [5.74, 6) is 0.247. The van der Waals surface area contributed by atoms with Gasteiger partial charge in [-0.15, -0.1) is 0 Å². The number of methoxy groups -OCH3 is 1. The van der Waals surface area contributed by atoms with Crippen LogP contribution >= 0.6 is 0 Å². The van der Waals surface area contributed by atoms with Crippen molar-refractivity contribution in [2.75, 3.05) is 20.3 Å². The molecule has 0 spiro atoms. The lowest BCUT2D eigenvalue weighted by atomic mass is 9.99. The highest BCUT2D eigenvalue weighted by Gasteiger charge is 2.46. The summed E-state index contributed by atoms with van der Waals surface area (Å²) in [7, 11) is 1.38.